The van der Waals surface area contributed by atoms with Gasteiger partial charge in [-0.05, 0) is 56.4 Å². The number of aromatic nitrogens is 2. The van der Waals surface area contributed by atoms with Crippen molar-refractivity contribution in [2.45, 2.75) is 52.0 Å². The molecular formula is C19H22ClFN4O3S. The summed E-state index contributed by atoms with van der Waals surface area (Å²) in [4.78, 5) is 36.6. The van der Waals surface area contributed by atoms with Gasteiger partial charge in [0.2, 0.25) is 5.91 Å². The van der Waals surface area contributed by atoms with Crippen LogP contribution in [0, 0.1) is 12.7 Å². The molecule has 10 heteroatoms. The first-order valence-electron chi connectivity index (χ1n) is 9.13. The molecule has 1 aromatic carbocycles. The number of carbonyl (C=O) groups excluding carboxylic acids is 3. The predicted octanol–water partition coefficient (Wildman–Crippen LogP) is 3.92. The van der Waals surface area contributed by atoms with Gasteiger partial charge in [0.05, 0.1) is 10.7 Å². The Hall–Kier alpha value is -2.39. The van der Waals surface area contributed by atoms with E-state index in [0.717, 1.165) is 30.4 Å². The molecule has 2 amide bonds. The molecule has 7 nitrogen and oxygen atoms in total. The molecule has 1 heterocycles. The Balaban J connectivity index is 2.04. The van der Waals surface area contributed by atoms with Crippen molar-refractivity contribution in [2.75, 3.05) is 5.32 Å². The fourth-order valence-corrected chi connectivity index (χ4v) is 3.38. The first-order chi connectivity index (χ1) is 13.8. The number of anilines is 1. The van der Waals surface area contributed by atoms with E-state index >= 15 is 0 Å². The molecule has 2 N–H and O–H groups in total. The minimum atomic E-state index is -0.815. The Morgan fingerprint density at radius 1 is 1.24 bits per heavy atom. The van der Waals surface area contributed by atoms with Crippen LogP contribution >= 0.6 is 23.1 Å². The Bertz CT molecular complexity index is 890. The van der Waals surface area contributed by atoms with Crippen LogP contribution < -0.4 is 10.6 Å². The van der Waals surface area contributed by atoms with Gasteiger partial charge in [-0.25, -0.2) is 4.39 Å². The highest BCUT2D eigenvalue weighted by molar-refractivity contribution is 7.08. The molecule has 1 aromatic heterocycles. The van der Waals surface area contributed by atoms with Crippen LogP contribution in [0.25, 0.3) is 0 Å². The number of unbranched alkanes of at least 4 members (excludes halogenated alkanes) is 2. The van der Waals surface area contributed by atoms with E-state index in [1.54, 1.807) is 6.92 Å². The lowest BCUT2D eigenvalue weighted by Crippen LogP contribution is -2.43. The van der Waals surface area contributed by atoms with Crippen LogP contribution in [0.4, 0.5) is 10.1 Å². The second kappa shape index (κ2) is 11.0. The Morgan fingerprint density at radius 2 is 2.00 bits per heavy atom. The maximum absolute atomic E-state index is 13.3. The van der Waals surface area contributed by atoms with Crippen LogP contribution in [0.1, 0.15) is 54.4 Å². The van der Waals surface area contributed by atoms with E-state index in [1.165, 1.54) is 19.1 Å². The van der Waals surface area contributed by atoms with Crippen molar-refractivity contribution >= 4 is 46.4 Å². The number of rotatable bonds is 10. The number of ketones is 1. The van der Waals surface area contributed by atoms with Crippen LogP contribution in [0.2, 0.25) is 5.02 Å². The molecule has 0 spiro atoms. The normalized spacial score (nSPS) is 11.7. The smallest absolute Gasteiger partial charge is 0.265 e. The number of amides is 2. The number of hydrogen-bond acceptors (Lipinski definition) is 6. The average molecular weight is 441 g/mol. The summed E-state index contributed by atoms with van der Waals surface area (Å²) in [5.41, 5.74) is 0.811. The number of halogens is 2. The summed E-state index contributed by atoms with van der Waals surface area (Å²) in [5.74, 6) is -1.34. The third-order valence-electron chi connectivity index (χ3n) is 4.19. The van der Waals surface area contributed by atoms with Gasteiger partial charge in [-0.15, -0.1) is 5.10 Å². The Morgan fingerprint density at radius 3 is 2.62 bits per heavy atom. The van der Waals surface area contributed by atoms with Crippen LogP contribution in [-0.4, -0.2) is 33.2 Å². The third-order valence-corrected chi connectivity index (χ3v) is 5.30. The number of hydrogen-bond donors (Lipinski definition) is 2. The zero-order valence-electron chi connectivity index (χ0n) is 16.1. The zero-order chi connectivity index (χ0) is 21.4. The van der Waals surface area contributed by atoms with E-state index < -0.39 is 23.7 Å². The number of nitrogens with one attached hydrogen (secondary N) is 2. The predicted molar refractivity (Wildman–Crippen MR) is 110 cm³/mol. The van der Waals surface area contributed by atoms with Crippen molar-refractivity contribution in [3.63, 3.8) is 0 Å². The molecule has 0 radical (unpaired) electrons. The largest absolute Gasteiger partial charge is 0.339 e. The van der Waals surface area contributed by atoms with Gasteiger partial charge in [-0.2, -0.15) is 0 Å². The molecule has 0 fully saturated rings. The molecular weight excluding hydrogens is 419 g/mol. The summed E-state index contributed by atoms with van der Waals surface area (Å²) in [7, 11) is 0. The molecule has 0 aliphatic carbocycles. The van der Waals surface area contributed by atoms with Gasteiger partial charge < -0.3 is 15.4 Å². The second-order valence-electron chi connectivity index (χ2n) is 6.63. The summed E-state index contributed by atoms with van der Waals surface area (Å²) in [6, 6.07) is 3.03. The van der Waals surface area contributed by atoms with Gasteiger partial charge in [-0.1, -0.05) is 28.9 Å². The van der Waals surface area contributed by atoms with Gasteiger partial charge >= 0.3 is 0 Å². The third kappa shape index (κ3) is 7.17. The first kappa shape index (κ1) is 22.9. The van der Waals surface area contributed by atoms with Gasteiger partial charge in [-0.3, -0.25) is 9.59 Å². The number of benzene rings is 1. The highest BCUT2D eigenvalue weighted by Gasteiger charge is 2.23. The van der Waals surface area contributed by atoms with Crippen LogP contribution in [0.3, 0.4) is 0 Å². The van der Waals surface area contributed by atoms with E-state index in [-0.39, 0.29) is 10.8 Å². The molecule has 0 aliphatic rings. The zero-order valence-corrected chi connectivity index (χ0v) is 17.7. The van der Waals surface area contributed by atoms with Crippen molar-refractivity contribution in [3.05, 3.63) is 39.6 Å². The monoisotopic (exact) mass is 440 g/mol. The lowest BCUT2D eigenvalue weighted by Gasteiger charge is -2.18. The fraction of sp³-hybridized carbons (Fsp3) is 0.421. The fourth-order valence-electron chi connectivity index (χ4n) is 2.63. The minimum Gasteiger partial charge on any atom is -0.339 e. The standard InChI is InChI=1S/C19H22ClFN4O3S/c1-11(26)6-4-3-5-7-16(23-19(28)17-12(2)24-25-29-17)18(27)22-13-8-9-15(21)14(20)10-13/h8-10,16H,3-7H2,1-2H3,(H,22,27)(H,23,28)/t16-/m0/s1. The highest BCUT2D eigenvalue weighted by Crippen LogP contribution is 2.20. The second-order valence-corrected chi connectivity index (χ2v) is 7.79. The van der Waals surface area contributed by atoms with Gasteiger partial charge in [0.25, 0.3) is 5.91 Å². The lowest BCUT2D eigenvalue weighted by atomic mass is 10.0. The number of nitrogens with zero attached hydrogens (tertiary/aromatic N) is 2. The minimum absolute atomic E-state index is 0.112. The lowest BCUT2D eigenvalue weighted by molar-refractivity contribution is -0.118. The van der Waals surface area contributed by atoms with Crippen LogP contribution in [0.5, 0.6) is 0 Å². The van der Waals surface area contributed by atoms with Crippen molar-refractivity contribution in [1.82, 2.24) is 14.9 Å². The van der Waals surface area contributed by atoms with Gasteiger partial charge in [0.15, 0.2) is 0 Å². The van der Waals surface area contributed by atoms with Crippen molar-refractivity contribution < 1.29 is 18.8 Å². The first-order valence-corrected chi connectivity index (χ1v) is 10.3. The van der Waals surface area contributed by atoms with Crippen molar-refractivity contribution in [2.24, 2.45) is 0 Å². The maximum Gasteiger partial charge on any atom is 0.265 e. The molecule has 29 heavy (non-hydrogen) atoms. The Labute approximate surface area is 177 Å². The van der Waals surface area contributed by atoms with Crippen molar-refractivity contribution in [3.8, 4) is 0 Å². The van der Waals surface area contributed by atoms with E-state index in [0.29, 0.717) is 35.5 Å². The summed E-state index contributed by atoms with van der Waals surface area (Å²) in [6.07, 6.45) is 3.00. The van der Waals surface area contributed by atoms with E-state index in [9.17, 15) is 18.8 Å². The molecule has 0 saturated heterocycles. The topological polar surface area (TPSA) is 101 Å². The Kier molecular flexibility index (Phi) is 8.66. The molecule has 0 unspecified atom stereocenters. The molecule has 0 aliphatic heterocycles. The quantitative estimate of drug-likeness (QED) is 0.545. The average Bonchev–Trinajstić information content (AvgIpc) is 3.09. The summed E-state index contributed by atoms with van der Waals surface area (Å²) in [5, 5.41) is 9.05. The molecule has 1 atom stereocenters. The number of carbonyl (C=O) groups is 3. The summed E-state index contributed by atoms with van der Waals surface area (Å²) < 4.78 is 17.1. The molecule has 0 bridgehead atoms. The van der Waals surface area contributed by atoms with Crippen molar-refractivity contribution in [1.29, 1.82) is 0 Å². The molecule has 2 aromatic rings. The molecule has 0 saturated carbocycles. The summed E-state index contributed by atoms with van der Waals surface area (Å²) in [6.45, 7) is 3.20. The maximum atomic E-state index is 13.3. The summed E-state index contributed by atoms with van der Waals surface area (Å²) >= 11 is 6.71. The van der Waals surface area contributed by atoms with Crippen LogP contribution in [0.15, 0.2) is 18.2 Å². The van der Waals surface area contributed by atoms with E-state index in [2.05, 4.69) is 20.2 Å². The van der Waals surface area contributed by atoms with E-state index in [1.807, 2.05) is 0 Å². The number of Topliss-reactive ketones (excluding diaryl/α,β-unsaturated/α-hetero) is 1. The highest BCUT2D eigenvalue weighted by atomic mass is 35.5. The van der Waals surface area contributed by atoms with E-state index in [4.69, 9.17) is 11.6 Å². The molecule has 2 rings (SSSR count). The number of aryl methyl sites for hydroxylation is 1. The molecule has 156 valence electrons. The van der Waals surface area contributed by atoms with Gasteiger partial charge in [0.1, 0.15) is 22.5 Å². The SMILES string of the molecule is CC(=O)CCCCC[C@H](NC(=O)c1snnc1C)C(=O)Nc1ccc(F)c(Cl)c1. The van der Waals surface area contributed by atoms with Gasteiger partial charge in [0, 0.05) is 12.1 Å². The van der Waals surface area contributed by atoms with Crippen LogP contribution in [-0.2, 0) is 9.59 Å².